The molecule has 0 unspecified atom stereocenters. The smallest absolute Gasteiger partial charge is 0.254 e. The van der Waals surface area contributed by atoms with Gasteiger partial charge in [-0.3, -0.25) is 14.6 Å². The fourth-order valence-corrected chi connectivity index (χ4v) is 3.00. The first-order valence-electron chi connectivity index (χ1n) is 9.39. The molecule has 0 aliphatic carbocycles. The molecule has 7 nitrogen and oxygen atoms in total. The van der Waals surface area contributed by atoms with Gasteiger partial charge in [-0.2, -0.15) is 0 Å². The normalized spacial score (nSPS) is 14.3. The second kappa shape index (κ2) is 9.68. The SMILES string of the molecule is CN=C(NCc1ccc(C(=O)N2CCNC(=O)C2)cc1)NCc1cccc(F)c1. The lowest BCUT2D eigenvalue weighted by molar-refractivity contribution is -0.123. The first-order chi connectivity index (χ1) is 14.0. The van der Waals surface area contributed by atoms with Crippen LogP contribution < -0.4 is 16.0 Å². The van der Waals surface area contributed by atoms with Gasteiger partial charge in [0.15, 0.2) is 5.96 Å². The monoisotopic (exact) mass is 397 g/mol. The van der Waals surface area contributed by atoms with Crippen LogP contribution in [0.25, 0.3) is 0 Å². The predicted octanol–water partition coefficient (Wildman–Crippen LogP) is 1.26. The van der Waals surface area contributed by atoms with Crippen molar-refractivity contribution in [1.29, 1.82) is 0 Å². The van der Waals surface area contributed by atoms with Crippen molar-refractivity contribution < 1.29 is 14.0 Å². The molecule has 1 fully saturated rings. The van der Waals surface area contributed by atoms with Crippen LogP contribution in [0.15, 0.2) is 53.5 Å². The van der Waals surface area contributed by atoms with Crippen LogP contribution in [-0.4, -0.2) is 49.4 Å². The summed E-state index contributed by atoms with van der Waals surface area (Å²) in [6.45, 7) is 2.06. The van der Waals surface area contributed by atoms with E-state index in [1.165, 1.54) is 12.1 Å². The number of aliphatic imine (C=N–C) groups is 1. The van der Waals surface area contributed by atoms with E-state index in [4.69, 9.17) is 0 Å². The van der Waals surface area contributed by atoms with Gasteiger partial charge in [-0.1, -0.05) is 24.3 Å². The van der Waals surface area contributed by atoms with E-state index in [9.17, 15) is 14.0 Å². The number of amides is 2. The Bertz CT molecular complexity index is 898. The maximum absolute atomic E-state index is 13.2. The third kappa shape index (κ3) is 5.78. The van der Waals surface area contributed by atoms with Crippen molar-refractivity contribution in [3.8, 4) is 0 Å². The van der Waals surface area contributed by atoms with Gasteiger partial charge in [-0.25, -0.2) is 4.39 Å². The molecule has 1 saturated heterocycles. The Hall–Kier alpha value is -3.42. The highest BCUT2D eigenvalue weighted by atomic mass is 19.1. The minimum Gasteiger partial charge on any atom is -0.353 e. The second-order valence-electron chi connectivity index (χ2n) is 6.68. The minimum absolute atomic E-state index is 0.0927. The number of nitrogens with one attached hydrogen (secondary N) is 3. The van der Waals surface area contributed by atoms with Crippen molar-refractivity contribution in [3.05, 3.63) is 71.0 Å². The van der Waals surface area contributed by atoms with Crippen LogP contribution in [0.5, 0.6) is 0 Å². The molecule has 1 heterocycles. The first-order valence-corrected chi connectivity index (χ1v) is 9.39. The molecule has 1 aliphatic rings. The topological polar surface area (TPSA) is 85.8 Å². The van der Waals surface area contributed by atoms with Crippen LogP contribution in [0.2, 0.25) is 0 Å². The van der Waals surface area contributed by atoms with Gasteiger partial charge in [0.2, 0.25) is 5.91 Å². The van der Waals surface area contributed by atoms with E-state index >= 15 is 0 Å². The number of halogens is 1. The van der Waals surface area contributed by atoms with Crippen LogP contribution in [0.1, 0.15) is 21.5 Å². The number of carbonyl (C=O) groups excluding carboxylic acids is 2. The molecule has 0 spiro atoms. The van der Waals surface area contributed by atoms with Gasteiger partial charge >= 0.3 is 0 Å². The fourth-order valence-electron chi connectivity index (χ4n) is 3.00. The maximum Gasteiger partial charge on any atom is 0.254 e. The van der Waals surface area contributed by atoms with E-state index in [0.29, 0.717) is 37.7 Å². The van der Waals surface area contributed by atoms with E-state index in [0.717, 1.165) is 11.1 Å². The molecule has 3 rings (SSSR count). The summed E-state index contributed by atoms with van der Waals surface area (Å²) in [5.74, 6) is 0.0373. The Labute approximate surface area is 169 Å². The lowest BCUT2D eigenvalue weighted by atomic mass is 10.1. The maximum atomic E-state index is 13.2. The van der Waals surface area contributed by atoms with Gasteiger partial charge < -0.3 is 20.9 Å². The van der Waals surface area contributed by atoms with Crippen LogP contribution in [0, 0.1) is 5.82 Å². The molecular formula is C21H24FN5O2. The number of hydrogen-bond acceptors (Lipinski definition) is 3. The summed E-state index contributed by atoms with van der Waals surface area (Å²) in [6, 6.07) is 13.6. The van der Waals surface area contributed by atoms with Crippen molar-refractivity contribution in [1.82, 2.24) is 20.9 Å². The summed E-state index contributed by atoms with van der Waals surface area (Å²) in [6.07, 6.45) is 0. The molecule has 0 radical (unpaired) electrons. The van der Waals surface area contributed by atoms with Crippen molar-refractivity contribution in [2.45, 2.75) is 13.1 Å². The molecule has 152 valence electrons. The summed E-state index contributed by atoms with van der Waals surface area (Å²) in [7, 11) is 1.66. The summed E-state index contributed by atoms with van der Waals surface area (Å²) in [5.41, 5.74) is 2.35. The van der Waals surface area contributed by atoms with Crippen LogP contribution >= 0.6 is 0 Å². The predicted molar refractivity (Wildman–Crippen MR) is 109 cm³/mol. The highest BCUT2D eigenvalue weighted by Gasteiger charge is 2.22. The lowest BCUT2D eigenvalue weighted by Gasteiger charge is -2.26. The molecule has 2 aromatic rings. The number of guanidine groups is 1. The van der Waals surface area contributed by atoms with Crippen molar-refractivity contribution in [3.63, 3.8) is 0 Å². The molecule has 1 aliphatic heterocycles. The molecule has 2 amide bonds. The standard InChI is InChI=1S/C21H24FN5O2/c1-23-21(26-13-16-3-2-4-18(22)11-16)25-12-15-5-7-17(8-6-15)20(29)27-10-9-24-19(28)14-27/h2-8,11H,9-10,12-14H2,1H3,(H,24,28)(H2,23,25,26). The summed E-state index contributed by atoms with van der Waals surface area (Å²) in [4.78, 5) is 29.6. The average molecular weight is 397 g/mol. The Kier molecular flexibility index (Phi) is 6.78. The summed E-state index contributed by atoms with van der Waals surface area (Å²) < 4.78 is 13.2. The Morgan fingerprint density at radius 2 is 1.86 bits per heavy atom. The molecule has 8 heteroatoms. The molecule has 0 atom stereocenters. The van der Waals surface area contributed by atoms with Gasteiger partial charge in [0.1, 0.15) is 5.82 Å². The minimum atomic E-state index is -0.271. The molecular weight excluding hydrogens is 373 g/mol. The zero-order valence-corrected chi connectivity index (χ0v) is 16.2. The largest absolute Gasteiger partial charge is 0.353 e. The second-order valence-corrected chi connectivity index (χ2v) is 6.68. The van der Waals surface area contributed by atoms with Crippen LogP contribution in [-0.2, 0) is 17.9 Å². The first kappa shape index (κ1) is 20.3. The molecule has 2 aromatic carbocycles. The zero-order valence-electron chi connectivity index (χ0n) is 16.2. The fraction of sp³-hybridized carbons (Fsp3) is 0.286. The number of piperazine rings is 1. The Morgan fingerprint density at radius 3 is 2.52 bits per heavy atom. The van der Waals surface area contributed by atoms with E-state index in [2.05, 4.69) is 20.9 Å². The molecule has 0 aromatic heterocycles. The van der Waals surface area contributed by atoms with Gasteiger partial charge in [-0.15, -0.1) is 0 Å². The van der Waals surface area contributed by atoms with Crippen LogP contribution in [0.3, 0.4) is 0 Å². The van der Waals surface area contributed by atoms with Crippen molar-refractivity contribution in [2.24, 2.45) is 4.99 Å². The zero-order chi connectivity index (χ0) is 20.6. The van der Waals surface area contributed by atoms with Gasteiger partial charge in [0, 0.05) is 38.8 Å². The quantitative estimate of drug-likeness (QED) is 0.524. The number of benzene rings is 2. The Balaban J connectivity index is 1.51. The molecule has 3 N–H and O–H groups in total. The summed E-state index contributed by atoms with van der Waals surface area (Å²) in [5, 5.41) is 9.03. The highest BCUT2D eigenvalue weighted by molar-refractivity contribution is 5.97. The van der Waals surface area contributed by atoms with Crippen molar-refractivity contribution in [2.75, 3.05) is 26.7 Å². The van der Waals surface area contributed by atoms with E-state index in [-0.39, 0.29) is 24.2 Å². The third-order valence-corrected chi connectivity index (χ3v) is 4.56. The molecule has 29 heavy (non-hydrogen) atoms. The van der Waals surface area contributed by atoms with Gasteiger partial charge in [-0.05, 0) is 35.4 Å². The van der Waals surface area contributed by atoms with Gasteiger partial charge in [0.25, 0.3) is 5.91 Å². The number of rotatable bonds is 5. The van der Waals surface area contributed by atoms with E-state index in [1.54, 1.807) is 30.1 Å². The van der Waals surface area contributed by atoms with Crippen molar-refractivity contribution >= 4 is 17.8 Å². The van der Waals surface area contributed by atoms with E-state index < -0.39 is 0 Å². The number of hydrogen-bond donors (Lipinski definition) is 3. The van der Waals surface area contributed by atoms with Gasteiger partial charge in [0.05, 0.1) is 6.54 Å². The number of nitrogens with zero attached hydrogens (tertiary/aromatic N) is 2. The highest BCUT2D eigenvalue weighted by Crippen LogP contribution is 2.09. The lowest BCUT2D eigenvalue weighted by Crippen LogP contribution is -2.49. The van der Waals surface area contributed by atoms with Crippen LogP contribution in [0.4, 0.5) is 4.39 Å². The summed E-state index contributed by atoms with van der Waals surface area (Å²) >= 11 is 0. The van der Waals surface area contributed by atoms with E-state index in [1.807, 2.05) is 18.2 Å². The number of carbonyl (C=O) groups is 2. The molecule has 0 saturated carbocycles. The Morgan fingerprint density at radius 1 is 1.14 bits per heavy atom. The third-order valence-electron chi connectivity index (χ3n) is 4.56. The average Bonchev–Trinajstić information content (AvgIpc) is 2.74. The molecule has 0 bridgehead atoms.